The van der Waals surface area contributed by atoms with Crippen LogP contribution in [0.15, 0.2) is 53.5 Å². The Morgan fingerprint density at radius 1 is 1.17 bits per heavy atom. The number of amides is 1. The number of nitrogens with zero attached hydrogens (tertiary/aromatic N) is 5. The number of aromatic nitrogens is 4. The van der Waals surface area contributed by atoms with E-state index in [2.05, 4.69) is 27.8 Å². The van der Waals surface area contributed by atoms with Crippen LogP contribution >= 0.6 is 0 Å². The lowest BCUT2D eigenvalue weighted by atomic mass is 10.0. The van der Waals surface area contributed by atoms with Crippen LogP contribution in [0.3, 0.4) is 0 Å². The highest BCUT2D eigenvalue weighted by molar-refractivity contribution is 5.79. The Hall–Kier alpha value is -3.98. The minimum atomic E-state index is -0.148. The molecule has 0 spiro atoms. The zero-order valence-electron chi connectivity index (χ0n) is 20.2. The third-order valence-corrected chi connectivity index (χ3v) is 6.33. The van der Waals surface area contributed by atoms with Gasteiger partial charge < -0.3 is 15.5 Å². The number of benzene rings is 2. The molecule has 2 aromatic heterocycles. The molecule has 0 aliphatic carbocycles. The molecule has 180 valence electrons. The molecule has 1 amide bonds. The Labute approximate surface area is 203 Å². The Balaban J connectivity index is 1.55. The van der Waals surface area contributed by atoms with E-state index in [1.54, 1.807) is 29.9 Å². The lowest BCUT2D eigenvalue weighted by Crippen LogP contribution is -2.24. The molecule has 5 rings (SSSR count). The first kappa shape index (κ1) is 22.8. The molecule has 1 aliphatic heterocycles. The largest absolute Gasteiger partial charge is 0.349 e. The van der Waals surface area contributed by atoms with Crippen LogP contribution in [-0.4, -0.2) is 50.8 Å². The summed E-state index contributed by atoms with van der Waals surface area (Å²) in [6.45, 7) is 4.24. The minimum Gasteiger partial charge on any atom is -0.349 e. The van der Waals surface area contributed by atoms with Gasteiger partial charge in [-0.05, 0) is 60.8 Å². The lowest BCUT2D eigenvalue weighted by Gasteiger charge is -2.18. The molecule has 0 saturated heterocycles. The van der Waals surface area contributed by atoms with Gasteiger partial charge in [-0.15, -0.1) is 0 Å². The van der Waals surface area contributed by atoms with Crippen LogP contribution in [-0.2, 0) is 30.7 Å². The van der Waals surface area contributed by atoms with Crippen molar-refractivity contribution in [3.63, 3.8) is 0 Å². The Bertz CT molecular complexity index is 1470. The highest BCUT2D eigenvalue weighted by atomic mass is 16.2. The van der Waals surface area contributed by atoms with Crippen molar-refractivity contribution in [3.8, 4) is 5.69 Å². The van der Waals surface area contributed by atoms with Gasteiger partial charge in [-0.1, -0.05) is 18.2 Å². The predicted octanol–water partition coefficient (Wildman–Crippen LogP) is 2.62. The number of carbonyl (C=O) groups excluding carboxylic acids is 1. The number of fused-ring (bicyclic) bond motifs is 2. The SMILES string of the molecule is CCn1c(=O)c2cnc(Nc3ccc4c(c3)CCNC4)nc2n1-c1cccc(CC(=O)N(C)C)c1. The highest BCUT2D eigenvalue weighted by Gasteiger charge is 2.18. The van der Waals surface area contributed by atoms with E-state index in [0.29, 0.717) is 23.5 Å². The molecule has 0 unspecified atom stereocenters. The normalized spacial score (nSPS) is 13.0. The van der Waals surface area contributed by atoms with Crippen molar-refractivity contribution in [2.45, 2.75) is 32.9 Å². The van der Waals surface area contributed by atoms with Crippen molar-refractivity contribution in [1.29, 1.82) is 0 Å². The number of anilines is 2. The van der Waals surface area contributed by atoms with E-state index in [1.165, 1.54) is 11.1 Å². The molecule has 2 aromatic carbocycles. The molecule has 1 aliphatic rings. The maximum Gasteiger partial charge on any atom is 0.278 e. The third kappa shape index (κ3) is 4.42. The Morgan fingerprint density at radius 3 is 2.83 bits per heavy atom. The van der Waals surface area contributed by atoms with Crippen molar-refractivity contribution in [2.24, 2.45) is 0 Å². The van der Waals surface area contributed by atoms with E-state index in [9.17, 15) is 9.59 Å². The number of nitrogens with one attached hydrogen (secondary N) is 2. The van der Waals surface area contributed by atoms with Crippen LogP contribution < -0.4 is 16.2 Å². The maximum absolute atomic E-state index is 13.1. The molecule has 3 heterocycles. The Morgan fingerprint density at radius 2 is 2.03 bits per heavy atom. The molecule has 35 heavy (non-hydrogen) atoms. The predicted molar refractivity (Wildman–Crippen MR) is 136 cm³/mol. The van der Waals surface area contributed by atoms with Gasteiger partial charge in [0.15, 0.2) is 5.65 Å². The highest BCUT2D eigenvalue weighted by Crippen LogP contribution is 2.23. The molecule has 2 N–H and O–H groups in total. The first-order valence-electron chi connectivity index (χ1n) is 11.8. The van der Waals surface area contributed by atoms with Gasteiger partial charge in [-0.2, -0.15) is 4.98 Å². The number of likely N-dealkylation sites (N-methyl/N-ethyl adjacent to an activating group) is 1. The number of rotatable bonds is 6. The number of carbonyl (C=O) groups is 1. The van der Waals surface area contributed by atoms with Crippen molar-refractivity contribution >= 4 is 28.6 Å². The van der Waals surface area contributed by atoms with Gasteiger partial charge in [0.05, 0.1) is 12.1 Å². The summed E-state index contributed by atoms with van der Waals surface area (Å²) in [5, 5.41) is 7.14. The fraction of sp³-hybridized carbons (Fsp3) is 0.308. The molecule has 4 aromatic rings. The van der Waals surface area contributed by atoms with Gasteiger partial charge in [-0.3, -0.25) is 9.59 Å². The zero-order valence-corrected chi connectivity index (χ0v) is 20.2. The van der Waals surface area contributed by atoms with Crippen LogP contribution in [0.4, 0.5) is 11.6 Å². The zero-order chi connectivity index (χ0) is 24.5. The quantitative estimate of drug-likeness (QED) is 0.449. The minimum absolute atomic E-state index is 0.0158. The molecular weight excluding hydrogens is 442 g/mol. The number of hydrogen-bond donors (Lipinski definition) is 2. The van der Waals surface area contributed by atoms with Gasteiger partial charge in [0.25, 0.3) is 5.56 Å². The van der Waals surface area contributed by atoms with E-state index in [1.807, 2.05) is 41.9 Å². The molecule has 9 heteroatoms. The van der Waals surface area contributed by atoms with Gasteiger partial charge in [0, 0.05) is 39.1 Å². The van der Waals surface area contributed by atoms with E-state index in [-0.39, 0.29) is 17.9 Å². The first-order valence-corrected chi connectivity index (χ1v) is 11.8. The van der Waals surface area contributed by atoms with Crippen LogP contribution in [0.25, 0.3) is 16.7 Å². The first-order chi connectivity index (χ1) is 16.9. The summed E-state index contributed by atoms with van der Waals surface area (Å²) in [5.74, 6) is 0.439. The second-order valence-corrected chi connectivity index (χ2v) is 8.93. The van der Waals surface area contributed by atoms with Gasteiger partial charge in [0.1, 0.15) is 5.39 Å². The summed E-state index contributed by atoms with van der Waals surface area (Å²) in [6, 6.07) is 13.9. The van der Waals surface area contributed by atoms with Crippen LogP contribution in [0.1, 0.15) is 23.6 Å². The van der Waals surface area contributed by atoms with Crippen molar-refractivity contribution in [3.05, 3.63) is 75.7 Å². The van der Waals surface area contributed by atoms with E-state index in [4.69, 9.17) is 4.98 Å². The second kappa shape index (κ2) is 9.34. The van der Waals surface area contributed by atoms with Crippen LogP contribution in [0.2, 0.25) is 0 Å². The van der Waals surface area contributed by atoms with Crippen molar-refractivity contribution in [2.75, 3.05) is 26.0 Å². The summed E-state index contributed by atoms with van der Waals surface area (Å²) in [4.78, 5) is 36.1. The van der Waals surface area contributed by atoms with Gasteiger partial charge in [-0.25, -0.2) is 14.3 Å². The summed E-state index contributed by atoms with van der Waals surface area (Å²) < 4.78 is 3.45. The average Bonchev–Trinajstić information content (AvgIpc) is 3.14. The molecule has 0 saturated carbocycles. The summed E-state index contributed by atoms with van der Waals surface area (Å²) in [6.07, 6.45) is 2.85. The van der Waals surface area contributed by atoms with Crippen molar-refractivity contribution in [1.82, 2.24) is 29.5 Å². The van der Waals surface area contributed by atoms with Crippen molar-refractivity contribution < 1.29 is 4.79 Å². The van der Waals surface area contributed by atoms with Gasteiger partial charge >= 0.3 is 0 Å². The average molecular weight is 472 g/mol. The Kier molecular flexibility index (Phi) is 6.08. The monoisotopic (exact) mass is 471 g/mol. The standard InChI is InChI=1S/C26H29N7O2/c1-4-32-25(35)22-16-28-26(29-20-9-8-19-15-27-11-10-18(19)14-20)30-24(22)33(32)21-7-5-6-17(12-21)13-23(34)31(2)3/h5-9,12,14,16,27H,4,10-11,13,15H2,1-3H3,(H,28,29,30). The van der Waals surface area contributed by atoms with E-state index < -0.39 is 0 Å². The molecular formula is C26H29N7O2. The topological polar surface area (TPSA) is 97.1 Å². The fourth-order valence-corrected chi connectivity index (χ4v) is 4.45. The summed E-state index contributed by atoms with van der Waals surface area (Å²) in [7, 11) is 3.48. The third-order valence-electron chi connectivity index (χ3n) is 6.33. The fourth-order valence-electron chi connectivity index (χ4n) is 4.45. The molecule has 0 atom stereocenters. The molecule has 0 bridgehead atoms. The summed E-state index contributed by atoms with van der Waals surface area (Å²) >= 11 is 0. The second-order valence-electron chi connectivity index (χ2n) is 8.93. The van der Waals surface area contributed by atoms with Crippen LogP contribution in [0.5, 0.6) is 0 Å². The van der Waals surface area contributed by atoms with Crippen LogP contribution in [0, 0.1) is 0 Å². The molecule has 9 nitrogen and oxygen atoms in total. The molecule has 0 fully saturated rings. The van der Waals surface area contributed by atoms with Gasteiger partial charge in [0.2, 0.25) is 11.9 Å². The molecule has 0 radical (unpaired) electrons. The smallest absolute Gasteiger partial charge is 0.278 e. The summed E-state index contributed by atoms with van der Waals surface area (Å²) in [5.41, 5.74) is 5.55. The van der Waals surface area contributed by atoms with E-state index >= 15 is 0 Å². The lowest BCUT2D eigenvalue weighted by molar-refractivity contribution is -0.127. The maximum atomic E-state index is 13.1. The van der Waals surface area contributed by atoms with E-state index in [0.717, 1.165) is 36.4 Å². The number of hydrogen-bond acceptors (Lipinski definition) is 6.